The number of ether oxygens (including phenoxy) is 1. The van der Waals surface area contributed by atoms with Gasteiger partial charge in [0, 0.05) is 30.6 Å². The van der Waals surface area contributed by atoms with Crippen LogP contribution in [0, 0.1) is 0 Å². The summed E-state index contributed by atoms with van der Waals surface area (Å²) in [6, 6.07) is 16.5. The van der Waals surface area contributed by atoms with Crippen molar-refractivity contribution < 1.29 is 9.53 Å². The average molecular weight is 333 g/mol. The summed E-state index contributed by atoms with van der Waals surface area (Å²) in [7, 11) is 1.88. The van der Waals surface area contributed by atoms with Gasteiger partial charge in [-0.25, -0.2) is 4.79 Å². The molecule has 3 rings (SSSR count). The molecule has 4 heteroatoms. The summed E-state index contributed by atoms with van der Waals surface area (Å²) in [5.41, 5.74) is 3.12. The molecule has 0 aliphatic carbocycles. The summed E-state index contributed by atoms with van der Waals surface area (Å²) in [5, 5.41) is 0. The van der Waals surface area contributed by atoms with Crippen LogP contribution in [0.5, 0.6) is 0 Å². The number of carbonyl (C=O) groups is 1. The summed E-state index contributed by atoms with van der Waals surface area (Å²) in [6.07, 6.45) is 3.59. The first-order valence-electron chi connectivity index (χ1n) is 8.13. The van der Waals surface area contributed by atoms with Crippen LogP contribution in [-0.4, -0.2) is 17.1 Å². The first kappa shape index (κ1) is 16.7. The Labute approximate surface area is 146 Å². The van der Waals surface area contributed by atoms with Crippen LogP contribution in [0.15, 0.2) is 71.8 Å². The van der Waals surface area contributed by atoms with Crippen molar-refractivity contribution in [2.75, 3.05) is 6.61 Å². The third kappa shape index (κ3) is 3.53. The fourth-order valence-corrected chi connectivity index (χ4v) is 2.76. The Morgan fingerprint density at radius 3 is 2.28 bits per heavy atom. The zero-order chi connectivity index (χ0) is 17.8. The van der Waals surface area contributed by atoms with Crippen LogP contribution in [-0.2, 0) is 11.8 Å². The van der Waals surface area contributed by atoms with E-state index < -0.39 is 0 Å². The summed E-state index contributed by atoms with van der Waals surface area (Å²) >= 11 is 0. The summed E-state index contributed by atoms with van der Waals surface area (Å²) in [6.45, 7) is 2.08. The standard InChI is InChI=1S/C21H19NO3/c1-3-25-21(24)17-11-7-10-16(12-17)19-14-22(2)13-18(20(19)23)15-8-5-4-6-9-15/h4-14H,3H2,1-2H3. The summed E-state index contributed by atoms with van der Waals surface area (Å²) in [4.78, 5) is 25.0. The van der Waals surface area contributed by atoms with E-state index in [9.17, 15) is 9.59 Å². The highest BCUT2D eigenvalue weighted by molar-refractivity contribution is 5.91. The maximum Gasteiger partial charge on any atom is 0.338 e. The fourth-order valence-electron chi connectivity index (χ4n) is 2.76. The molecule has 0 saturated carbocycles. The number of aromatic nitrogens is 1. The third-order valence-electron chi connectivity index (χ3n) is 3.92. The topological polar surface area (TPSA) is 48.3 Å². The van der Waals surface area contributed by atoms with Gasteiger partial charge in [0.2, 0.25) is 0 Å². The van der Waals surface area contributed by atoms with Gasteiger partial charge in [0.1, 0.15) is 0 Å². The van der Waals surface area contributed by atoms with Gasteiger partial charge in [-0.1, -0.05) is 42.5 Å². The summed E-state index contributed by atoms with van der Waals surface area (Å²) < 4.78 is 6.90. The molecule has 0 radical (unpaired) electrons. The highest BCUT2D eigenvalue weighted by Gasteiger charge is 2.13. The van der Waals surface area contributed by atoms with Gasteiger partial charge >= 0.3 is 5.97 Å². The normalized spacial score (nSPS) is 10.5. The zero-order valence-electron chi connectivity index (χ0n) is 14.2. The Kier molecular flexibility index (Phi) is 4.80. The maximum atomic E-state index is 13.0. The quantitative estimate of drug-likeness (QED) is 0.681. The minimum Gasteiger partial charge on any atom is -0.462 e. The molecule has 25 heavy (non-hydrogen) atoms. The second-order valence-electron chi connectivity index (χ2n) is 5.75. The highest BCUT2D eigenvalue weighted by Crippen LogP contribution is 2.22. The van der Waals surface area contributed by atoms with Crippen LogP contribution in [0.2, 0.25) is 0 Å². The molecule has 0 spiro atoms. The number of esters is 1. The van der Waals surface area contributed by atoms with Gasteiger partial charge in [0.15, 0.2) is 5.43 Å². The molecule has 0 atom stereocenters. The minimum atomic E-state index is -0.389. The first-order valence-corrected chi connectivity index (χ1v) is 8.13. The molecule has 1 aromatic heterocycles. The first-order chi connectivity index (χ1) is 12.1. The molecule has 1 heterocycles. The van der Waals surface area contributed by atoms with Gasteiger partial charge in [0.25, 0.3) is 0 Å². The number of rotatable bonds is 4. The van der Waals surface area contributed by atoms with E-state index >= 15 is 0 Å². The average Bonchev–Trinajstić information content (AvgIpc) is 2.64. The number of carbonyl (C=O) groups excluding carboxylic acids is 1. The fraction of sp³-hybridized carbons (Fsp3) is 0.143. The van der Waals surface area contributed by atoms with Gasteiger partial charge in [-0.2, -0.15) is 0 Å². The van der Waals surface area contributed by atoms with E-state index in [-0.39, 0.29) is 11.4 Å². The maximum absolute atomic E-state index is 13.0. The molecule has 0 aliphatic rings. The van der Waals surface area contributed by atoms with Crippen LogP contribution in [0.25, 0.3) is 22.3 Å². The van der Waals surface area contributed by atoms with Crippen LogP contribution in [0.3, 0.4) is 0 Å². The molecule has 0 N–H and O–H groups in total. The Morgan fingerprint density at radius 1 is 0.960 bits per heavy atom. The van der Waals surface area contributed by atoms with Gasteiger partial charge in [-0.15, -0.1) is 0 Å². The van der Waals surface area contributed by atoms with E-state index in [1.165, 1.54) is 0 Å². The van der Waals surface area contributed by atoms with Crippen molar-refractivity contribution in [3.05, 3.63) is 82.8 Å². The van der Waals surface area contributed by atoms with Crippen molar-refractivity contribution in [2.24, 2.45) is 7.05 Å². The smallest absolute Gasteiger partial charge is 0.338 e. The Morgan fingerprint density at radius 2 is 1.60 bits per heavy atom. The monoisotopic (exact) mass is 333 g/mol. The van der Waals surface area contributed by atoms with Crippen molar-refractivity contribution in [3.8, 4) is 22.3 Å². The molecule has 4 nitrogen and oxygen atoms in total. The second kappa shape index (κ2) is 7.18. The van der Waals surface area contributed by atoms with E-state index in [0.29, 0.717) is 28.9 Å². The number of pyridine rings is 1. The molecule has 2 aromatic carbocycles. The largest absolute Gasteiger partial charge is 0.462 e. The van der Waals surface area contributed by atoms with E-state index in [0.717, 1.165) is 5.56 Å². The van der Waals surface area contributed by atoms with Crippen molar-refractivity contribution in [2.45, 2.75) is 6.92 Å². The molecule has 3 aromatic rings. The number of nitrogens with zero attached hydrogens (tertiary/aromatic N) is 1. The third-order valence-corrected chi connectivity index (χ3v) is 3.92. The van der Waals surface area contributed by atoms with Gasteiger partial charge in [0.05, 0.1) is 12.2 Å². The highest BCUT2D eigenvalue weighted by atomic mass is 16.5. The molecular weight excluding hydrogens is 314 g/mol. The molecule has 0 saturated heterocycles. The Bertz CT molecular complexity index is 958. The molecule has 126 valence electrons. The SMILES string of the molecule is CCOC(=O)c1cccc(-c2cn(C)cc(-c3ccccc3)c2=O)c1. The van der Waals surface area contributed by atoms with Crippen molar-refractivity contribution in [1.82, 2.24) is 4.57 Å². The predicted molar refractivity (Wildman–Crippen MR) is 98.5 cm³/mol. The predicted octanol–water partition coefficient (Wildman–Crippen LogP) is 3.90. The minimum absolute atomic E-state index is 0.0645. The van der Waals surface area contributed by atoms with E-state index in [2.05, 4.69) is 0 Å². The molecule has 0 aliphatic heterocycles. The number of benzene rings is 2. The van der Waals surface area contributed by atoms with Gasteiger partial charge in [-0.3, -0.25) is 4.79 Å². The van der Waals surface area contributed by atoms with E-state index in [1.807, 2.05) is 54.2 Å². The van der Waals surface area contributed by atoms with Gasteiger partial charge < -0.3 is 9.30 Å². The number of aryl methyl sites for hydroxylation is 1. The van der Waals surface area contributed by atoms with Crippen LogP contribution < -0.4 is 5.43 Å². The summed E-state index contributed by atoms with van der Waals surface area (Å²) in [5.74, 6) is -0.389. The van der Waals surface area contributed by atoms with Crippen LogP contribution in [0.4, 0.5) is 0 Å². The molecule has 0 amide bonds. The van der Waals surface area contributed by atoms with Crippen molar-refractivity contribution in [1.29, 1.82) is 0 Å². The molecule has 0 unspecified atom stereocenters. The van der Waals surface area contributed by atoms with Crippen LogP contribution >= 0.6 is 0 Å². The molecule has 0 fully saturated rings. The van der Waals surface area contributed by atoms with Crippen molar-refractivity contribution in [3.63, 3.8) is 0 Å². The van der Waals surface area contributed by atoms with Gasteiger partial charge in [-0.05, 0) is 30.2 Å². The lowest BCUT2D eigenvalue weighted by atomic mass is 9.99. The number of hydrogen-bond donors (Lipinski definition) is 0. The van der Waals surface area contributed by atoms with E-state index in [4.69, 9.17) is 4.74 Å². The second-order valence-corrected chi connectivity index (χ2v) is 5.75. The molecular formula is C21H19NO3. The van der Waals surface area contributed by atoms with Crippen molar-refractivity contribution >= 4 is 5.97 Å². The lowest BCUT2D eigenvalue weighted by molar-refractivity contribution is 0.0526. The molecule has 0 bridgehead atoms. The van der Waals surface area contributed by atoms with Crippen LogP contribution in [0.1, 0.15) is 17.3 Å². The Balaban J connectivity index is 2.13. The Hall–Kier alpha value is -3.14. The number of hydrogen-bond acceptors (Lipinski definition) is 3. The lowest BCUT2D eigenvalue weighted by Crippen LogP contribution is -2.12. The van der Waals surface area contributed by atoms with E-state index in [1.54, 1.807) is 31.3 Å². The zero-order valence-corrected chi connectivity index (χ0v) is 14.2. The lowest BCUT2D eigenvalue weighted by Gasteiger charge is -2.10.